The van der Waals surface area contributed by atoms with Crippen molar-refractivity contribution in [2.45, 2.75) is 58.0 Å². The second-order valence-corrected chi connectivity index (χ2v) is 11.9. The van der Waals surface area contributed by atoms with Crippen molar-refractivity contribution in [3.8, 4) is 5.75 Å². The highest BCUT2D eigenvalue weighted by atomic mass is 35.5. The molecule has 3 aromatic carbocycles. The highest BCUT2D eigenvalue weighted by Crippen LogP contribution is 2.27. The van der Waals surface area contributed by atoms with Crippen LogP contribution in [0, 0.1) is 6.92 Å². The fourth-order valence-electron chi connectivity index (χ4n) is 4.31. The molecule has 0 bridgehead atoms. The highest BCUT2D eigenvalue weighted by molar-refractivity contribution is 7.92. The van der Waals surface area contributed by atoms with Crippen LogP contribution in [-0.2, 0) is 26.2 Å². The number of anilines is 1. The summed E-state index contributed by atoms with van der Waals surface area (Å²) in [6, 6.07) is 19.2. The van der Waals surface area contributed by atoms with Gasteiger partial charge in [-0.2, -0.15) is 0 Å². The SMILES string of the molecule is CCCNC(=O)C(CC)N(Cc1ccc(C)cc1)C(=O)CN(c1ccc(OCC)cc1)S(=O)(=O)c1ccc(Cl)cc1. The Bertz CT molecular complexity index is 1400. The summed E-state index contributed by atoms with van der Waals surface area (Å²) in [7, 11) is -4.18. The molecule has 0 aromatic heterocycles. The lowest BCUT2D eigenvalue weighted by Gasteiger charge is -2.33. The second-order valence-electron chi connectivity index (χ2n) is 9.61. The number of rotatable bonds is 14. The van der Waals surface area contributed by atoms with Gasteiger partial charge < -0.3 is 15.0 Å². The Labute approximate surface area is 248 Å². The Morgan fingerprint density at radius 2 is 1.56 bits per heavy atom. The Kier molecular flexibility index (Phi) is 11.6. The molecule has 3 aromatic rings. The maximum Gasteiger partial charge on any atom is 0.264 e. The molecule has 220 valence electrons. The monoisotopic (exact) mass is 599 g/mol. The van der Waals surface area contributed by atoms with Gasteiger partial charge in [-0.25, -0.2) is 8.42 Å². The zero-order chi connectivity index (χ0) is 30.0. The average Bonchev–Trinajstić information content (AvgIpc) is 2.96. The van der Waals surface area contributed by atoms with Crippen molar-refractivity contribution in [3.63, 3.8) is 0 Å². The topological polar surface area (TPSA) is 96.0 Å². The van der Waals surface area contributed by atoms with E-state index in [4.69, 9.17) is 16.3 Å². The maximum atomic E-state index is 14.1. The second kappa shape index (κ2) is 14.9. The van der Waals surface area contributed by atoms with Crippen LogP contribution in [0.5, 0.6) is 5.75 Å². The van der Waals surface area contributed by atoms with Crippen LogP contribution in [0.15, 0.2) is 77.7 Å². The standard InChI is InChI=1S/C31H38ClN3O5S/c1-5-20-33-31(37)29(6-2)34(21-24-10-8-23(4)9-11-24)30(36)22-35(26-14-16-27(17-15-26)40-7-3)41(38,39)28-18-12-25(32)13-19-28/h8-19,29H,5-7,20-22H2,1-4H3,(H,33,37). The predicted octanol–water partition coefficient (Wildman–Crippen LogP) is 5.58. The Morgan fingerprint density at radius 3 is 2.12 bits per heavy atom. The minimum absolute atomic E-state index is 0.0126. The van der Waals surface area contributed by atoms with Crippen LogP contribution in [0.2, 0.25) is 5.02 Å². The van der Waals surface area contributed by atoms with E-state index in [-0.39, 0.29) is 23.0 Å². The first-order valence-electron chi connectivity index (χ1n) is 13.7. The van der Waals surface area contributed by atoms with Gasteiger partial charge in [-0.1, -0.05) is 55.3 Å². The Balaban J connectivity index is 2.04. The van der Waals surface area contributed by atoms with Crippen LogP contribution in [0.4, 0.5) is 5.69 Å². The summed E-state index contributed by atoms with van der Waals surface area (Å²) in [6.45, 7) is 8.18. The molecule has 0 spiro atoms. The van der Waals surface area contributed by atoms with Crippen LogP contribution in [0.3, 0.4) is 0 Å². The average molecular weight is 600 g/mol. The minimum Gasteiger partial charge on any atom is -0.494 e. The van der Waals surface area contributed by atoms with Crippen LogP contribution in [0.1, 0.15) is 44.7 Å². The van der Waals surface area contributed by atoms with Crippen LogP contribution in [-0.4, -0.2) is 50.9 Å². The molecule has 1 atom stereocenters. The van der Waals surface area contributed by atoms with E-state index in [1.807, 2.05) is 52.0 Å². The third kappa shape index (κ3) is 8.47. The van der Waals surface area contributed by atoms with Crippen molar-refractivity contribution in [1.29, 1.82) is 0 Å². The molecule has 0 fully saturated rings. The minimum atomic E-state index is -4.18. The maximum absolute atomic E-state index is 14.1. The van der Waals surface area contributed by atoms with Gasteiger partial charge in [0.05, 0.1) is 17.2 Å². The Morgan fingerprint density at radius 1 is 0.927 bits per heavy atom. The molecule has 41 heavy (non-hydrogen) atoms. The van der Waals surface area contributed by atoms with Crippen LogP contribution in [0.25, 0.3) is 0 Å². The summed E-state index contributed by atoms with van der Waals surface area (Å²) >= 11 is 6.01. The summed E-state index contributed by atoms with van der Waals surface area (Å²) in [5.74, 6) is -0.204. The molecule has 1 unspecified atom stereocenters. The van der Waals surface area contributed by atoms with Crippen molar-refractivity contribution in [2.24, 2.45) is 0 Å². The summed E-state index contributed by atoms with van der Waals surface area (Å²) in [5.41, 5.74) is 2.18. The zero-order valence-electron chi connectivity index (χ0n) is 24.0. The van der Waals surface area contributed by atoms with E-state index in [0.29, 0.717) is 30.3 Å². The number of benzene rings is 3. The first kappa shape index (κ1) is 32.0. The summed E-state index contributed by atoms with van der Waals surface area (Å²) < 4.78 is 34.4. The Hall–Kier alpha value is -3.56. The zero-order valence-corrected chi connectivity index (χ0v) is 25.5. The first-order valence-corrected chi connectivity index (χ1v) is 15.6. The summed E-state index contributed by atoms with van der Waals surface area (Å²) in [6.07, 6.45) is 1.11. The smallest absolute Gasteiger partial charge is 0.264 e. The molecule has 0 aliphatic rings. The number of carbonyl (C=O) groups excluding carboxylic acids is 2. The van der Waals surface area contributed by atoms with Gasteiger partial charge in [-0.15, -0.1) is 0 Å². The van der Waals surface area contributed by atoms with Gasteiger partial charge in [0.15, 0.2) is 0 Å². The van der Waals surface area contributed by atoms with Crippen LogP contribution < -0.4 is 14.4 Å². The fourth-order valence-corrected chi connectivity index (χ4v) is 5.85. The van der Waals surface area contributed by atoms with Crippen LogP contribution >= 0.6 is 11.6 Å². The molecule has 10 heteroatoms. The molecule has 1 N–H and O–H groups in total. The van der Waals surface area contributed by atoms with E-state index in [2.05, 4.69) is 5.32 Å². The number of hydrogen-bond donors (Lipinski definition) is 1. The van der Waals surface area contributed by atoms with Gasteiger partial charge in [0.2, 0.25) is 11.8 Å². The highest BCUT2D eigenvalue weighted by Gasteiger charge is 2.33. The molecular weight excluding hydrogens is 562 g/mol. The molecule has 0 aliphatic heterocycles. The van der Waals surface area contributed by atoms with E-state index in [9.17, 15) is 18.0 Å². The largest absolute Gasteiger partial charge is 0.494 e. The number of halogens is 1. The normalized spacial score (nSPS) is 11.9. The van der Waals surface area contributed by atoms with Crippen molar-refractivity contribution in [3.05, 3.63) is 88.9 Å². The fraction of sp³-hybridized carbons (Fsp3) is 0.355. The molecule has 8 nitrogen and oxygen atoms in total. The van der Waals surface area contributed by atoms with Gasteiger partial charge in [0.1, 0.15) is 18.3 Å². The number of sulfonamides is 1. The molecule has 0 saturated heterocycles. The summed E-state index contributed by atoms with van der Waals surface area (Å²) in [4.78, 5) is 28.7. The van der Waals surface area contributed by atoms with Gasteiger partial charge in [0.25, 0.3) is 10.0 Å². The van der Waals surface area contributed by atoms with E-state index < -0.39 is 28.5 Å². The number of amides is 2. The third-order valence-electron chi connectivity index (χ3n) is 6.52. The number of carbonyl (C=O) groups is 2. The number of ether oxygens (including phenoxy) is 1. The van der Waals surface area contributed by atoms with Crippen molar-refractivity contribution < 1.29 is 22.7 Å². The molecule has 2 amide bonds. The van der Waals surface area contributed by atoms with Gasteiger partial charge in [-0.05, 0) is 80.8 Å². The number of hydrogen-bond acceptors (Lipinski definition) is 5. The lowest BCUT2D eigenvalue weighted by Crippen LogP contribution is -2.52. The lowest BCUT2D eigenvalue weighted by molar-refractivity contribution is -0.140. The molecule has 3 rings (SSSR count). The van der Waals surface area contributed by atoms with Gasteiger partial charge in [-0.3, -0.25) is 13.9 Å². The van der Waals surface area contributed by atoms with E-state index in [1.165, 1.54) is 29.2 Å². The van der Waals surface area contributed by atoms with Crippen molar-refractivity contribution in [2.75, 3.05) is 24.0 Å². The third-order valence-corrected chi connectivity index (χ3v) is 8.56. The molecule has 0 aliphatic carbocycles. The van der Waals surface area contributed by atoms with E-state index in [0.717, 1.165) is 21.9 Å². The molecular formula is C31H38ClN3O5S. The molecule has 0 radical (unpaired) electrons. The predicted molar refractivity (Wildman–Crippen MR) is 163 cm³/mol. The molecule has 0 saturated carbocycles. The summed E-state index contributed by atoms with van der Waals surface area (Å²) in [5, 5.41) is 3.28. The van der Waals surface area contributed by atoms with Gasteiger partial charge >= 0.3 is 0 Å². The quantitative estimate of drug-likeness (QED) is 0.261. The van der Waals surface area contributed by atoms with Crippen molar-refractivity contribution >= 4 is 39.1 Å². The lowest BCUT2D eigenvalue weighted by atomic mass is 10.1. The van der Waals surface area contributed by atoms with Gasteiger partial charge in [0, 0.05) is 18.1 Å². The van der Waals surface area contributed by atoms with E-state index >= 15 is 0 Å². The number of nitrogens with one attached hydrogen (secondary N) is 1. The first-order chi connectivity index (χ1) is 19.6. The van der Waals surface area contributed by atoms with E-state index in [1.54, 1.807) is 24.3 Å². The molecule has 0 heterocycles. The number of aryl methyl sites for hydroxylation is 1. The number of nitrogens with zero attached hydrogens (tertiary/aromatic N) is 2. The van der Waals surface area contributed by atoms with Crippen molar-refractivity contribution in [1.82, 2.24) is 10.2 Å².